The molecule has 6 heteroatoms. The van der Waals surface area contributed by atoms with Gasteiger partial charge in [0.25, 0.3) is 5.91 Å². The first kappa shape index (κ1) is 13.5. The molecule has 0 radical (unpaired) electrons. The van der Waals surface area contributed by atoms with Crippen LogP contribution in [0.25, 0.3) is 0 Å². The number of amides is 1. The van der Waals surface area contributed by atoms with E-state index in [4.69, 9.17) is 10.5 Å². The van der Waals surface area contributed by atoms with Crippen LogP contribution in [0, 0.1) is 5.92 Å². The maximum atomic E-state index is 12.1. The lowest BCUT2D eigenvalue weighted by Crippen LogP contribution is -2.34. The second-order valence-corrected chi connectivity index (χ2v) is 5.51. The van der Waals surface area contributed by atoms with Gasteiger partial charge >= 0.3 is 0 Å². The third kappa shape index (κ3) is 3.28. The molecule has 0 bridgehead atoms. The number of thiazole rings is 1. The minimum Gasteiger partial charge on any atom is -0.381 e. The standard InChI is InChI=1S/C12H19N3O2S/c1-15(7-9-2-4-17-5-3-9)12(16)10-8-18-11(6-13)14-10/h8-9H,2-7,13H2,1H3. The number of hydrogen-bond acceptors (Lipinski definition) is 5. The molecule has 1 aromatic heterocycles. The van der Waals surface area contributed by atoms with Crippen molar-refractivity contribution in [1.29, 1.82) is 0 Å². The Morgan fingerprint density at radius 3 is 2.94 bits per heavy atom. The number of hydrogen-bond donors (Lipinski definition) is 1. The van der Waals surface area contributed by atoms with Crippen LogP contribution in [-0.2, 0) is 11.3 Å². The molecule has 0 atom stereocenters. The maximum absolute atomic E-state index is 12.1. The van der Waals surface area contributed by atoms with Crippen LogP contribution in [0.3, 0.4) is 0 Å². The van der Waals surface area contributed by atoms with Crippen LogP contribution >= 0.6 is 11.3 Å². The lowest BCUT2D eigenvalue weighted by atomic mass is 10.00. The molecule has 1 aromatic rings. The summed E-state index contributed by atoms with van der Waals surface area (Å²) < 4.78 is 5.32. The van der Waals surface area contributed by atoms with Gasteiger partial charge in [-0.1, -0.05) is 0 Å². The normalized spacial score (nSPS) is 16.8. The largest absolute Gasteiger partial charge is 0.381 e. The average molecular weight is 269 g/mol. The highest BCUT2D eigenvalue weighted by Crippen LogP contribution is 2.17. The molecule has 2 N–H and O–H groups in total. The first-order valence-electron chi connectivity index (χ1n) is 6.18. The Balaban J connectivity index is 1.91. The van der Waals surface area contributed by atoms with E-state index in [1.807, 2.05) is 7.05 Å². The monoisotopic (exact) mass is 269 g/mol. The van der Waals surface area contributed by atoms with Gasteiger partial charge in [-0.05, 0) is 18.8 Å². The number of aromatic nitrogens is 1. The highest BCUT2D eigenvalue weighted by Gasteiger charge is 2.20. The molecule has 1 fully saturated rings. The Hall–Kier alpha value is -0.980. The van der Waals surface area contributed by atoms with Crippen molar-refractivity contribution in [2.24, 2.45) is 11.7 Å². The van der Waals surface area contributed by atoms with Gasteiger partial charge in [0.15, 0.2) is 0 Å². The summed E-state index contributed by atoms with van der Waals surface area (Å²) in [5, 5.41) is 2.59. The fourth-order valence-electron chi connectivity index (χ4n) is 2.10. The average Bonchev–Trinajstić information content (AvgIpc) is 2.87. The van der Waals surface area contributed by atoms with Gasteiger partial charge in [0, 0.05) is 38.7 Å². The van der Waals surface area contributed by atoms with Crippen LogP contribution in [0.4, 0.5) is 0 Å². The molecule has 0 saturated carbocycles. The van der Waals surface area contributed by atoms with Crippen molar-refractivity contribution in [2.45, 2.75) is 19.4 Å². The van der Waals surface area contributed by atoms with Crippen LogP contribution in [0.2, 0.25) is 0 Å². The van der Waals surface area contributed by atoms with Crippen molar-refractivity contribution in [3.63, 3.8) is 0 Å². The summed E-state index contributed by atoms with van der Waals surface area (Å²) in [5.41, 5.74) is 6.01. The molecule has 1 aliphatic rings. The molecule has 1 amide bonds. The summed E-state index contributed by atoms with van der Waals surface area (Å²) in [6.45, 7) is 2.78. The Morgan fingerprint density at radius 1 is 1.61 bits per heavy atom. The van der Waals surface area contributed by atoms with Crippen LogP contribution in [0.15, 0.2) is 5.38 Å². The zero-order chi connectivity index (χ0) is 13.0. The predicted molar refractivity (Wildman–Crippen MR) is 70.5 cm³/mol. The van der Waals surface area contributed by atoms with Gasteiger partial charge in [0.1, 0.15) is 10.7 Å². The number of ether oxygens (including phenoxy) is 1. The second kappa shape index (κ2) is 6.26. The van der Waals surface area contributed by atoms with Crippen molar-refractivity contribution < 1.29 is 9.53 Å². The zero-order valence-corrected chi connectivity index (χ0v) is 11.4. The number of rotatable bonds is 4. The number of carbonyl (C=O) groups is 1. The summed E-state index contributed by atoms with van der Waals surface area (Å²) in [6, 6.07) is 0. The molecule has 0 aromatic carbocycles. The van der Waals surface area contributed by atoms with Gasteiger partial charge in [0.05, 0.1) is 0 Å². The lowest BCUT2D eigenvalue weighted by molar-refractivity contribution is 0.0495. The number of carbonyl (C=O) groups excluding carboxylic acids is 1. The van der Waals surface area contributed by atoms with Crippen LogP contribution < -0.4 is 5.73 Å². The van der Waals surface area contributed by atoms with Gasteiger partial charge in [-0.2, -0.15) is 0 Å². The Morgan fingerprint density at radius 2 is 2.33 bits per heavy atom. The molecule has 1 saturated heterocycles. The minimum absolute atomic E-state index is 0.0163. The van der Waals surface area contributed by atoms with Crippen molar-refractivity contribution in [3.8, 4) is 0 Å². The zero-order valence-electron chi connectivity index (χ0n) is 10.6. The van der Waals surface area contributed by atoms with Gasteiger partial charge in [-0.25, -0.2) is 4.98 Å². The summed E-state index contributed by atoms with van der Waals surface area (Å²) in [6.07, 6.45) is 2.06. The number of nitrogens with zero attached hydrogens (tertiary/aromatic N) is 2. The smallest absolute Gasteiger partial charge is 0.273 e. The van der Waals surface area contributed by atoms with E-state index in [1.165, 1.54) is 11.3 Å². The summed E-state index contributed by atoms with van der Waals surface area (Å²) >= 11 is 1.44. The highest BCUT2D eigenvalue weighted by molar-refractivity contribution is 7.09. The van der Waals surface area contributed by atoms with E-state index in [2.05, 4.69) is 4.98 Å². The van der Waals surface area contributed by atoms with Crippen molar-refractivity contribution in [3.05, 3.63) is 16.1 Å². The molecular formula is C12H19N3O2S. The number of nitrogens with two attached hydrogens (primary N) is 1. The fraction of sp³-hybridized carbons (Fsp3) is 0.667. The molecule has 100 valence electrons. The molecule has 5 nitrogen and oxygen atoms in total. The van der Waals surface area contributed by atoms with Gasteiger partial charge in [-0.15, -0.1) is 11.3 Å². The molecular weight excluding hydrogens is 250 g/mol. The van der Waals surface area contributed by atoms with E-state index < -0.39 is 0 Å². The maximum Gasteiger partial charge on any atom is 0.273 e. The molecule has 18 heavy (non-hydrogen) atoms. The summed E-state index contributed by atoms with van der Waals surface area (Å²) in [4.78, 5) is 18.1. The van der Waals surface area contributed by atoms with Crippen LogP contribution in [-0.4, -0.2) is 42.6 Å². The summed E-state index contributed by atoms with van der Waals surface area (Å²) in [7, 11) is 1.83. The third-order valence-corrected chi connectivity index (χ3v) is 4.04. The van der Waals surface area contributed by atoms with Gasteiger partial charge in [-0.3, -0.25) is 4.79 Å². The van der Waals surface area contributed by atoms with Crippen molar-refractivity contribution in [2.75, 3.05) is 26.8 Å². The summed E-state index contributed by atoms with van der Waals surface area (Å²) in [5.74, 6) is 0.526. The molecule has 0 spiro atoms. The van der Waals surface area contributed by atoms with E-state index in [0.717, 1.165) is 37.6 Å². The Labute approximate surface area is 111 Å². The van der Waals surface area contributed by atoms with Crippen LogP contribution in [0.1, 0.15) is 28.3 Å². The molecule has 1 aliphatic heterocycles. The van der Waals surface area contributed by atoms with E-state index >= 15 is 0 Å². The third-order valence-electron chi connectivity index (χ3n) is 3.17. The Kier molecular flexibility index (Phi) is 4.68. The first-order chi connectivity index (χ1) is 8.70. The van der Waals surface area contributed by atoms with E-state index in [9.17, 15) is 4.79 Å². The van der Waals surface area contributed by atoms with Crippen LogP contribution in [0.5, 0.6) is 0 Å². The molecule has 0 aliphatic carbocycles. The minimum atomic E-state index is -0.0163. The van der Waals surface area contributed by atoms with Gasteiger partial charge in [0.2, 0.25) is 0 Å². The topological polar surface area (TPSA) is 68.5 Å². The Bertz CT molecular complexity index is 402. The van der Waals surface area contributed by atoms with Crippen molar-refractivity contribution in [1.82, 2.24) is 9.88 Å². The van der Waals surface area contributed by atoms with Gasteiger partial charge < -0.3 is 15.4 Å². The molecule has 0 unspecified atom stereocenters. The SMILES string of the molecule is CN(CC1CCOCC1)C(=O)c1csc(CN)n1. The van der Waals surface area contributed by atoms with Crippen molar-refractivity contribution >= 4 is 17.2 Å². The molecule has 2 rings (SSSR count). The second-order valence-electron chi connectivity index (χ2n) is 4.57. The lowest BCUT2D eigenvalue weighted by Gasteiger charge is -2.26. The van der Waals surface area contributed by atoms with E-state index in [1.54, 1.807) is 10.3 Å². The quantitative estimate of drug-likeness (QED) is 0.888. The highest BCUT2D eigenvalue weighted by atomic mass is 32.1. The van der Waals surface area contributed by atoms with E-state index in [-0.39, 0.29) is 5.91 Å². The molecule has 2 heterocycles. The first-order valence-corrected chi connectivity index (χ1v) is 7.06. The van der Waals surface area contributed by atoms with E-state index in [0.29, 0.717) is 18.2 Å². The predicted octanol–water partition coefficient (Wildman–Crippen LogP) is 1.10. The fourth-order valence-corrected chi connectivity index (χ4v) is 2.75.